The lowest BCUT2D eigenvalue weighted by Gasteiger charge is -2.07. The van der Waals surface area contributed by atoms with Crippen LogP contribution in [0, 0.1) is 0 Å². The Morgan fingerprint density at radius 3 is 2.81 bits per heavy atom. The molecular formula is C13H12N2O. The molecule has 0 amide bonds. The molecule has 0 radical (unpaired) electrons. The van der Waals surface area contributed by atoms with Gasteiger partial charge in [0, 0.05) is 0 Å². The molecule has 0 saturated carbocycles. The Morgan fingerprint density at radius 1 is 1.19 bits per heavy atom. The maximum absolute atomic E-state index is 9.69. The molecule has 0 aliphatic carbocycles. The molecule has 1 unspecified atom stereocenters. The molecule has 1 atom stereocenters. The van der Waals surface area contributed by atoms with E-state index in [1.165, 1.54) is 0 Å². The molecule has 0 spiro atoms. The maximum atomic E-state index is 9.69. The average Bonchev–Trinajstić information content (AvgIpc) is 2.73. The van der Waals surface area contributed by atoms with Gasteiger partial charge < -0.3 is 5.11 Å². The first-order valence-corrected chi connectivity index (χ1v) is 5.30. The van der Waals surface area contributed by atoms with E-state index in [4.69, 9.17) is 0 Å². The Kier molecular flexibility index (Phi) is 1.94. The first-order chi connectivity index (χ1) is 7.77. The fourth-order valence-electron chi connectivity index (χ4n) is 2.06. The molecule has 16 heavy (non-hydrogen) atoms. The molecule has 2 aromatic heterocycles. The number of pyridine rings is 1. The van der Waals surface area contributed by atoms with Crippen LogP contribution in [0.1, 0.15) is 18.9 Å². The number of fused-ring (bicyclic) bond motifs is 3. The van der Waals surface area contributed by atoms with Gasteiger partial charge in [-0.2, -0.15) is 0 Å². The van der Waals surface area contributed by atoms with Gasteiger partial charge in [0.25, 0.3) is 0 Å². The monoisotopic (exact) mass is 212 g/mol. The largest absolute Gasteiger partial charge is 0.385 e. The highest BCUT2D eigenvalue weighted by Gasteiger charge is 2.10. The van der Waals surface area contributed by atoms with Crippen LogP contribution in [0.3, 0.4) is 0 Å². The van der Waals surface area contributed by atoms with Gasteiger partial charge in [-0.3, -0.25) is 4.40 Å². The Morgan fingerprint density at radius 2 is 2.00 bits per heavy atom. The van der Waals surface area contributed by atoms with Gasteiger partial charge in [-0.15, -0.1) is 0 Å². The molecule has 0 bridgehead atoms. The van der Waals surface area contributed by atoms with Crippen molar-refractivity contribution < 1.29 is 5.11 Å². The van der Waals surface area contributed by atoms with E-state index in [1.807, 2.05) is 28.7 Å². The van der Waals surface area contributed by atoms with E-state index in [0.29, 0.717) is 5.82 Å². The molecule has 3 heteroatoms. The van der Waals surface area contributed by atoms with Gasteiger partial charge in [0.1, 0.15) is 11.9 Å². The van der Waals surface area contributed by atoms with Crippen LogP contribution in [0.15, 0.2) is 42.6 Å². The molecule has 0 fully saturated rings. The summed E-state index contributed by atoms with van der Waals surface area (Å²) in [6.07, 6.45) is 1.22. The molecule has 0 saturated heterocycles. The summed E-state index contributed by atoms with van der Waals surface area (Å²) in [5, 5.41) is 10.8. The van der Waals surface area contributed by atoms with E-state index in [9.17, 15) is 5.11 Å². The number of rotatable bonds is 1. The minimum absolute atomic E-state index is 0.562. The van der Waals surface area contributed by atoms with Crippen molar-refractivity contribution in [1.82, 2.24) is 9.38 Å². The normalized spacial score (nSPS) is 13.4. The van der Waals surface area contributed by atoms with Crippen molar-refractivity contribution in [2.45, 2.75) is 13.0 Å². The summed E-state index contributed by atoms with van der Waals surface area (Å²) in [6, 6.07) is 12.2. The van der Waals surface area contributed by atoms with Gasteiger partial charge in [0.15, 0.2) is 0 Å². The van der Waals surface area contributed by atoms with Gasteiger partial charge in [-0.1, -0.05) is 24.3 Å². The lowest BCUT2D eigenvalue weighted by Crippen LogP contribution is -2.00. The van der Waals surface area contributed by atoms with E-state index in [1.54, 1.807) is 13.1 Å². The summed E-state index contributed by atoms with van der Waals surface area (Å²) in [5.41, 5.74) is 2.09. The minimum Gasteiger partial charge on any atom is -0.385 e. The number of aromatic nitrogens is 2. The molecular weight excluding hydrogens is 200 g/mol. The van der Waals surface area contributed by atoms with Crippen LogP contribution in [-0.2, 0) is 0 Å². The Labute approximate surface area is 93.0 Å². The molecule has 0 aliphatic heterocycles. The highest BCUT2D eigenvalue weighted by atomic mass is 16.3. The van der Waals surface area contributed by atoms with Crippen LogP contribution in [0.4, 0.5) is 0 Å². The number of para-hydroxylation sites is 1. The second-order valence-corrected chi connectivity index (χ2v) is 3.94. The molecule has 80 valence electrons. The van der Waals surface area contributed by atoms with Gasteiger partial charge >= 0.3 is 0 Å². The van der Waals surface area contributed by atoms with Crippen LogP contribution in [0.25, 0.3) is 16.4 Å². The highest BCUT2D eigenvalue weighted by Crippen LogP contribution is 2.21. The van der Waals surface area contributed by atoms with Crippen molar-refractivity contribution in [1.29, 1.82) is 0 Å². The number of aliphatic hydroxyl groups excluding tert-OH is 1. The minimum atomic E-state index is -0.562. The van der Waals surface area contributed by atoms with E-state index in [-0.39, 0.29) is 0 Å². The summed E-state index contributed by atoms with van der Waals surface area (Å²) < 4.78 is 2.00. The fraction of sp³-hybridized carbons (Fsp3) is 0.154. The lowest BCUT2D eigenvalue weighted by molar-refractivity contribution is 0.189. The van der Waals surface area contributed by atoms with Crippen molar-refractivity contribution >= 4 is 16.4 Å². The SMILES string of the molecule is CC(O)c1ncc2ccc3ccccc3n12. The topological polar surface area (TPSA) is 37.5 Å². The third-order valence-corrected chi connectivity index (χ3v) is 2.80. The third-order valence-electron chi connectivity index (χ3n) is 2.80. The van der Waals surface area contributed by atoms with Crippen molar-refractivity contribution in [2.24, 2.45) is 0 Å². The molecule has 3 rings (SSSR count). The summed E-state index contributed by atoms with van der Waals surface area (Å²) in [7, 11) is 0. The van der Waals surface area contributed by atoms with Crippen molar-refractivity contribution in [3.05, 3.63) is 48.4 Å². The second-order valence-electron chi connectivity index (χ2n) is 3.94. The smallest absolute Gasteiger partial charge is 0.142 e. The van der Waals surface area contributed by atoms with Crippen molar-refractivity contribution in [3.8, 4) is 0 Å². The number of benzene rings is 1. The van der Waals surface area contributed by atoms with E-state index in [2.05, 4.69) is 17.1 Å². The van der Waals surface area contributed by atoms with Gasteiger partial charge in [-0.25, -0.2) is 4.98 Å². The zero-order valence-electron chi connectivity index (χ0n) is 8.96. The van der Waals surface area contributed by atoms with E-state index in [0.717, 1.165) is 16.4 Å². The van der Waals surface area contributed by atoms with Gasteiger partial charge in [0.2, 0.25) is 0 Å². The number of aliphatic hydroxyl groups is 1. The number of hydrogen-bond donors (Lipinski definition) is 1. The Bertz CT molecular complexity index is 655. The first kappa shape index (κ1) is 9.36. The van der Waals surface area contributed by atoms with Gasteiger partial charge in [-0.05, 0) is 24.4 Å². The summed E-state index contributed by atoms with van der Waals surface area (Å²) in [6.45, 7) is 1.73. The summed E-state index contributed by atoms with van der Waals surface area (Å²) in [5.74, 6) is 0.687. The molecule has 0 aliphatic rings. The molecule has 3 nitrogen and oxygen atoms in total. The second kappa shape index (κ2) is 3.32. The molecule has 1 N–H and O–H groups in total. The number of imidazole rings is 1. The van der Waals surface area contributed by atoms with E-state index < -0.39 is 6.10 Å². The molecule has 3 aromatic rings. The highest BCUT2D eigenvalue weighted by molar-refractivity contribution is 5.82. The third kappa shape index (κ3) is 1.22. The van der Waals surface area contributed by atoms with Gasteiger partial charge in [0.05, 0.1) is 17.2 Å². The van der Waals surface area contributed by atoms with Crippen LogP contribution >= 0.6 is 0 Å². The quantitative estimate of drug-likeness (QED) is 0.673. The Hall–Kier alpha value is -1.87. The number of nitrogens with zero attached hydrogens (tertiary/aromatic N) is 2. The van der Waals surface area contributed by atoms with Crippen molar-refractivity contribution in [2.75, 3.05) is 0 Å². The summed E-state index contributed by atoms with van der Waals surface area (Å²) in [4.78, 5) is 4.26. The standard InChI is InChI=1S/C13H12N2O/c1-9(16)13-14-8-11-7-6-10-4-2-3-5-12(10)15(11)13/h2-9,16H,1H3. The average molecular weight is 212 g/mol. The fourth-order valence-corrected chi connectivity index (χ4v) is 2.06. The number of hydrogen-bond acceptors (Lipinski definition) is 2. The van der Waals surface area contributed by atoms with E-state index >= 15 is 0 Å². The maximum Gasteiger partial charge on any atom is 0.142 e. The van der Waals surface area contributed by atoms with Crippen LogP contribution in [0.5, 0.6) is 0 Å². The van der Waals surface area contributed by atoms with Crippen LogP contribution in [0.2, 0.25) is 0 Å². The molecule has 2 heterocycles. The Balaban J connectivity index is 2.52. The molecule has 1 aromatic carbocycles. The first-order valence-electron chi connectivity index (χ1n) is 5.30. The van der Waals surface area contributed by atoms with Crippen molar-refractivity contribution in [3.63, 3.8) is 0 Å². The zero-order valence-corrected chi connectivity index (χ0v) is 8.96. The van der Waals surface area contributed by atoms with Crippen LogP contribution < -0.4 is 0 Å². The predicted molar refractivity (Wildman–Crippen MR) is 63.3 cm³/mol. The summed E-state index contributed by atoms with van der Waals surface area (Å²) >= 11 is 0. The van der Waals surface area contributed by atoms with Crippen LogP contribution in [-0.4, -0.2) is 14.5 Å². The lowest BCUT2D eigenvalue weighted by atomic mass is 10.2. The predicted octanol–water partition coefficient (Wildman–Crippen LogP) is 2.54. The zero-order chi connectivity index (χ0) is 11.1.